The maximum Gasteiger partial charge on any atom is 0.335 e. The van der Waals surface area contributed by atoms with Crippen LogP contribution in [0.2, 0.25) is 0 Å². The fraction of sp³-hybridized carbons (Fsp3) is 0.160. The first-order chi connectivity index (χ1) is 13.7. The summed E-state index contributed by atoms with van der Waals surface area (Å²) >= 11 is 0. The van der Waals surface area contributed by atoms with Crippen molar-refractivity contribution in [3.8, 4) is 33.8 Å². The summed E-state index contributed by atoms with van der Waals surface area (Å²) in [4.78, 5) is 11.3. The van der Waals surface area contributed by atoms with E-state index in [0.717, 1.165) is 42.4 Å². The molecule has 0 bridgehead atoms. The molecule has 0 radical (unpaired) electrons. The van der Waals surface area contributed by atoms with E-state index in [4.69, 9.17) is 9.47 Å². The zero-order valence-electron chi connectivity index (χ0n) is 15.9. The van der Waals surface area contributed by atoms with Crippen LogP contribution in [0.1, 0.15) is 24.5 Å². The van der Waals surface area contributed by atoms with Crippen LogP contribution in [0.15, 0.2) is 73.3 Å². The Morgan fingerprint density at radius 1 is 0.929 bits per heavy atom. The van der Waals surface area contributed by atoms with Crippen LogP contribution in [0.3, 0.4) is 0 Å². The Balaban J connectivity index is 1.56. The van der Waals surface area contributed by atoms with Gasteiger partial charge in [0.2, 0.25) is 0 Å². The SMILES string of the molecule is C=CC(=O)Oc1ccc(-c2ccc3c(c2)Cc2cc(OCCC)ccc2-3)cc1. The third-order valence-corrected chi connectivity index (χ3v) is 4.90. The second kappa shape index (κ2) is 7.73. The first kappa shape index (κ1) is 18.1. The van der Waals surface area contributed by atoms with E-state index < -0.39 is 5.97 Å². The van der Waals surface area contributed by atoms with E-state index in [1.165, 1.54) is 22.3 Å². The van der Waals surface area contributed by atoms with E-state index in [0.29, 0.717) is 5.75 Å². The molecule has 3 nitrogen and oxygen atoms in total. The highest BCUT2D eigenvalue weighted by molar-refractivity contribution is 5.84. The van der Waals surface area contributed by atoms with Crippen molar-refractivity contribution in [1.29, 1.82) is 0 Å². The monoisotopic (exact) mass is 370 g/mol. The third kappa shape index (κ3) is 3.56. The van der Waals surface area contributed by atoms with Gasteiger partial charge in [0.1, 0.15) is 11.5 Å². The quantitative estimate of drug-likeness (QED) is 0.244. The zero-order valence-corrected chi connectivity index (χ0v) is 15.9. The summed E-state index contributed by atoms with van der Waals surface area (Å²) in [5, 5.41) is 0. The van der Waals surface area contributed by atoms with Gasteiger partial charge in [-0.1, -0.05) is 49.9 Å². The van der Waals surface area contributed by atoms with Crippen LogP contribution in [0, 0.1) is 0 Å². The van der Waals surface area contributed by atoms with Crippen molar-refractivity contribution in [2.45, 2.75) is 19.8 Å². The molecule has 0 aromatic heterocycles. The second-order valence-electron chi connectivity index (χ2n) is 6.87. The Morgan fingerprint density at radius 2 is 1.57 bits per heavy atom. The molecule has 3 aromatic rings. The molecule has 140 valence electrons. The van der Waals surface area contributed by atoms with Gasteiger partial charge in [-0.25, -0.2) is 4.79 Å². The van der Waals surface area contributed by atoms with Gasteiger partial charge < -0.3 is 9.47 Å². The number of hydrogen-bond acceptors (Lipinski definition) is 3. The summed E-state index contributed by atoms with van der Waals surface area (Å²) in [6, 6.07) is 20.5. The number of rotatable bonds is 6. The average Bonchev–Trinajstić information content (AvgIpc) is 3.09. The van der Waals surface area contributed by atoms with Crippen molar-refractivity contribution < 1.29 is 14.3 Å². The minimum atomic E-state index is -0.453. The van der Waals surface area contributed by atoms with Gasteiger partial charge in [-0.3, -0.25) is 0 Å². The van der Waals surface area contributed by atoms with Gasteiger partial charge in [0, 0.05) is 6.08 Å². The van der Waals surface area contributed by atoms with Crippen LogP contribution < -0.4 is 9.47 Å². The number of hydrogen-bond donors (Lipinski definition) is 0. The van der Waals surface area contributed by atoms with Gasteiger partial charge in [0.25, 0.3) is 0 Å². The number of benzene rings is 3. The molecule has 0 N–H and O–H groups in total. The van der Waals surface area contributed by atoms with Gasteiger partial charge >= 0.3 is 5.97 Å². The first-order valence-corrected chi connectivity index (χ1v) is 9.51. The summed E-state index contributed by atoms with van der Waals surface area (Å²) in [5.74, 6) is 1.01. The molecule has 28 heavy (non-hydrogen) atoms. The Hall–Kier alpha value is -3.33. The third-order valence-electron chi connectivity index (χ3n) is 4.90. The molecule has 0 aliphatic heterocycles. The molecule has 4 rings (SSSR count). The molecule has 3 aromatic carbocycles. The number of carbonyl (C=O) groups is 1. The Morgan fingerprint density at radius 3 is 2.29 bits per heavy atom. The fourth-order valence-corrected chi connectivity index (χ4v) is 3.55. The average molecular weight is 370 g/mol. The maximum atomic E-state index is 11.3. The molecular weight excluding hydrogens is 348 g/mol. The van der Waals surface area contributed by atoms with Gasteiger partial charge in [0.05, 0.1) is 6.61 Å². The van der Waals surface area contributed by atoms with E-state index >= 15 is 0 Å². The number of esters is 1. The van der Waals surface area contributed by atoms with Crippen molar-refractivity contribution in [1.82, 2.24) is 0 Å². The predicted molar refractivity (Wildman–Crippen MR) is 112 cm³/mol. The molecule has 0 saturated heterocycles. The van der Waals surface area contributed by atoms with Gasteiger partial charge in [-0.15, -0.1) is 0 Å². The van der Waals surface area contributed by atoms with Crippen molar-refractivity contribution in [2.75, 3.05) is 6.61 Å². The van der Waals surface area contributed by atoms with Crippen LogP contribution in [-0.2, 0) is 11.2 Å². The number of fused-ring (bicyclic) bond motifs is 3. The van der Waals surface area contributed by atoms with E-state index in [9.17, 15) is 4.79 Å². The molecule has 1 aliphatic carbocycles. The standard InChI is InChI=1S/C25H22O3/c1-3-13-27-22-10-12-24-20(16-22)15-19-14-18(7-11-23(19)24)17-5-8-21(9-6-17)28-25(26)4-2/h4-12,14,16H,2-3,13,15H2,1H3. The molecule has 0 unspecified atom stereocenters. The lowest BCUT2D eigenvalue weighted by molar-refractivity contribution is -0.128. The molecule has 0 atom stereocenters. The molecule has 3 heteroatoms. The van der Waals surface area contributed by atoms with Crippen LogP contribution >= 0.6 is 0 Å². The largest absolute Gasteiger partial charge is 0.494 e. The Labute approximate surface area is 165 Å². The van der Waals surface area contributed by atoms with Crippen molar-refractivity contribution in [2.24, 2.45) is 0 Å². The van der Waals surface area contributed by atoms with Crippen molar-refractivity contribution >= 4 is 5.97 Å². The Bertz CT molecular complexity index is 1030. The zero-order chi connectivity index (χ0) is 19.5. The van der Waals surface area contributed by atoms with Crippen molar-refractivity contribution in [3.05, 3.63) is 84.4 Å². The smallest absolute Gasteiger partial charge is 0.335 e. The van der Waals surface area contributed by atoms with E-state index in [1.807, 2.05) is 12.1 Å². The van der Waals surface area contributed by atoms with Crippen LogP contribution in [-0.4, -0.2) is 12.6 Å². The minimum Gasteiger partial charge on any atom is -0.494 e. The molecule has 0 spiro atoms. The van der Waals surface area contributed by atoms with E-state index in [1.54, 1.807) is 12.1 Å². The first-order valence-electron chi connectivity index (χ1n) is 9.51. The summed E-state index contributed by atoms with van der Waals surface area (Å²) in [7, 11) is 0. The molecular formula is C25H22O3. The topological polar surface area (TPSA) is 35.5 Å². The van der Waals surface area contributed by atoms with E-state index in [-0.39, 0.29) is 0 Å². The highest BCUT2D eigenvalue weighted by Gasteiger charge is 2.19. The lowest BCUT2D eigenvalue weighted by Crippen LogP contribution is -2.02. The summed E-state index contributed by atoms with van der Waals surface area (Å²) in [6.07, 6.45) is 3.08. The summed E-state index contributed by atoms with van der Waals surface area (Å²) in [6.45, 7) is 6.27. The van der Waals surface area contributed by atoms with Crippen LogP contribution in [0.4, 0.5) is 0 Å². The molecule has 1 aliphatic rings. The van der Waals surface area contributed by atoms with Gasteiger partial charge in [0.15, 0.2) is 0 Å². The summed E-state index contributed by atoms with van der Waals surface area (Å²) in [5.41, 5.74) is 7.45. The minimum absolute atomic E-state index is 0.453. The normalized spacial score (nSPS) is 11.5. The molecule has 0 fully saturated rings. The Kier molecular flexibility index (Phi) is 4.98. The summed E-state index contributed by atoms with van der Waals surface area (Å²) < 4.78 is 10.9. The highest BCUT2D eigenvalue weighted by Crippen LogP contribution is 2.40. The second-order valence-corrected chi connectivity index (χ2v) is 6.87. The van der Waals surface area contributed by atoms with Crippen LogP contribution in [0.5, 0.6) is 11.5 Å². The molecule has 0 saturated carbocycles. The predicted octanol–water partition coefficient (Wildman–Crippen LogP) is 5.81. The van der Waals surface area contributed by atoms with Gasteiger partial charge in [-0.2, -0.15) is 0 Å². The van der Waals surface area contributed by atoms with E-state index in [2.05, 4.69) is 49.9 Å². The maximum absolute atomic E-state index is 11.3. The number of ether oxygens (including phenoxy) is 2. The molecule has 0 amide bonds. The van der Waals surface area contributed by atoms with Crippen molar-refractivity contribution in [3.63, 3.8) is 0 Å². The van der Waals surface area contributed by atoms with Crippen LogP contribution in [0.25, 0.3) is 22.3 Å². The highest BCUT2D eigenvalue weighted by atomic mass is 16.5. The fourth-order valence-electron chi connectivity index (χ4n) is 3.55. The molecule has 0 heterocycles. The number of carbonyl (C=O) groups excluding carboxylic acids is 1. The van der Waals surface area contributed by atoms with Gasteiger partial charge in [-0.05, 0) is 70.5 Å². The lowest BCUT2D eigenvalue weighted by atomic mass is 9.99. The lowest BCUT2D eigenvalue weighted by Gasteiger charge is -2.08.